The Hall–Kier alpha value is -3.26. The van der Waals surface area contributed by atoms with Crippen LogP contribution in [0.1, 0.15) is 24.8 Å². The second-order valence-corrected chi connectivity index (χ2v) is 7.29. The van der Waals surface area contributed by atoms with Gasteiger partial charge in [-0.15, -0.1) is 0 Å². The highest BCUT2D eigenvalue weighted by Crippen LogP contribution is 2.33. The van der Waals surface area contributed by atoms with Crippen LogP contribution in [0.3, 0.4) is 0 Å². The maximum Gasteiger partial charge on any atom is 0.232 e. The van der Waals surface area contributed by atoms with Crippen LogP contribution in [0.4, 0.5) is 16.5 Å². The highest BCUT2D eigenvalue weighted by molar-refractivity contribution is 7.22. The van der Waals surface area contributed by atoms with Crippen LogP contribution in [0.2, 0.25) is 0 Å². The molecule has 2 heterocycles. The summed E-state index contributed by atoms with van der Waals surface area (Å²) in [6.07, 6.45) is 0.109. The van der Waals surface area contributed by atoms with E-state index in [-0.39, 0.29) is 24.1 Å². The Morgan fingerprint density at radius 3 is 2.81 bits per heavy atom. The van der Waals surface area contributed by atoms with Crippen LogP contribution in [0.15, 0.2) is 42.5 Å². The highest BCUT2D eigenvalue weighted by Gasteiger charge is 2.30. The Bertz CT molecular complexity index is 1080. The number of para-hydroxylation sites is 1. The number of hydrogen-bond donors (Lipinski definition) is 3. The van der Waals surface area contributed by atoms with Crippen LogP contribution < -0.4 is 16.0 Å². The molecule has 1 unspecified atom stereocenters. The van der Waals surface area contributed by atoms with Crippen molar-refractivity contribution in [2.75, 3.05) is 16.0 Å². The van der Waals surface area contributed by atoms with Crippen LogP contribution in [-0.2, 0) is 14.4 Å². The molecule has 0 saturated heterocycles. The number of hydrogen-bond acceptors (Lipinski definition) is 5. The van der Waals surface area contributed by atoms with Crippen molar-refractivity contribution in [3.05, 3.63) is 48.0 Å². The third-order valence-electron chi connectivity index (χ3n) is 4.26. The zero-order valence-electron chi connectivity index (χ0n) is 14.4. The zero-order valence-corrected chi connectivity index (χ0v) is 15.2. The van der Waals surface area contributed by atoms with E-state index < -0.39 is 5.92 Å². The predicted octanol–water partition coefficient (Wildman–Crippen LogP) is 3.32. The second kappa shape index (κ2) is 6.81. The molecule has 136 valence electrons. The molecule has 8 heteroatoms. The van der Waals surface area contributed by atoms with E-state index in [0.29, 0.717) is 16.5 Å². The van der Waals surface area contributed by atoms with Crippen LogP contribution in [0, 0.1) is 0 Å². The first-order valence-corrected chi connectivity index (χ1v) is 9.19. The number of thiazole rings is 1. The molecular formula is C19H16N4O3S. The van der Waals surface area contributed by atoms with Crippen LogP contribution in [0.25, 0.3) is 10.2 Å². The number of amides is 3. The lowest BCUT2D eigenvalue weighted by Gasteiger charge is -2.24. The lowest BCUT2D eigenvalue weighted by atomic mass is 9.90. The first-order valence-electron chi connectivity index (χ1n) is 8.37. The number of carbonyl (C=O) groups excluding carboxylic acids is 3. The topological polar surface area (TPSA) is 100 Å². The number of fused-ring (bicyclic) bond motifs is 2. The molecule has 3 N–H and O–H groups in total. The molecule has 0 fully saturated rings. The maximum absolute atomic E-state index is 12.8. The Morgan fingerprint density at radius 2 is 2.00 bits per heavy atom. The molecule has 3 aromatic rings. The van der Waals surface area contributed by atoms with Crippen molar-refractivity contribution in [1.82, 2.24) is 4.98 Å². The summed E-state index contributed by atoms with van der Waals surface area (Å²) in [5.74, 6) is -1.13. The van der Waals surface area contributed by atoms with E-state index in [2.05, 4.69) is 20.9 Å². The van der Waals surface area contributed by atoms with E-state index in [9.17, 15) is 14.4 Å². The van der Waals surface area contributed by atoms with Gasteiger partial charge in [-0.3, -0.25) is 14.4 Å². The summed E-state index contributed by atoms with van der Waals surface area (Å²) >= 11 is 1.33. The number of carbonyl (C=O) groups is 3. The van der Waals surface area contributed by atoms with E-state index in [4.69, 9.17) is 0 Å². The number of benzene rings is 2. The molecule has 27 heavy (non-hydrogen) atoms. The summed E-state index contributed by atoms with van der Waals surface area (Å²) in [7, 11) is 0. The van der Waals surface area contributed by atoms with Crippen molar-refractivity contribution in [3.63, 3.8) is 0 Å². The average Bonchev–Trinajstić information content (AvgIpc) is 3.01. The first kappa shape index (κ1) is 17.2. The minimum Gasteiger partial charge on any atom is -0.326 e. The van der Waals surface area contributed by atoms with Gasteiger partial charge in [0, 0.05) is 24.7 Å². The molecule has 0 radical (unpaired) electrons. The smallest absolute Gasteiger partial charge is 0.232 e. The van der Waals surface area contributed by atoms with Gasteiger partial charge in [0.2, 0.25) is 17.7 Å². The Balaban J connectivity index is 1.58. The molecule has 1 atom stereocenters. The van der Waals surface area contributed by atoms with Crippen LogP contribution in [0.5, 0.6) is 0 Å². The monoisotopic (exact) mass is 380 g/mol. The molecule has 1 aliphatic heterocycles. The van der Waals surface area contributed by atoms with Gasteiger partial charge >= 0.3 is 0 Å². The van der Waals surface area contributed by atoms with E-state index in [0.717, 1.165) is 15.8 Å². The lowest BCUT2D eigenvalue weighted by Crippen LogP contribution is -2.30. The first-order chi connectivity index (χ1) is 13.0. The minimum absolute atomic E-state index is 0.109. The standard InChI is InChI=1S/C19H16N4O3S/c1-10(24)20-19-23-15-7-6-11(8-16(15)27-19)21-18(26)13-9-17(25)22-14-5-3-2-4-12(13)14/h2-8,13H,9H2,1H3,(H,21,26)(H,22,25)(H,20,23,24). The van der Waals surface area contributed by atoms with E-state index in [1.54, 1.807) is 18.2 Å². The van der Waals surface area contributed by atoms with Gasteiger partial charge in [0.15, 0.2) is 5.13 Å². The molecule has 1 aromatic heterocycles. The molecule has 0 aliphatic carbocycles. The Labute approximate surface area is 158 Å². The molecule has 0 bridgehead atoms. The van der Waals surface area contributed by atoms with Gasteiger partial charge < -0.3 is 16.0 Å². The van der Waals surface area contributed by atoms with Crippen molar-refractivity contribution in [1.29, 1.82) is 0 Å². The van der Waals surface area contributed by atoms with Gasteiger partial charge in [-0.1, -0.05) is 29.5 Å². The molecule has 1 aliphatic rings. The largest absolute Gasteiger partial charge is 0.326 e. The highest BCUT2D eigenvalue weighted by atomic mass is 32.1. The van der Waals surface area contributed by atoms with Crippen molar-refractivity contribution in [2.24, 2.45) is 0 Å². The Morgan fingerprint density at radius 1 is 1.19 bits per heavy atom. The molecular weight excluding hydrogens is 364 g/mol. The molecule has 3 amide bonds. The molecule has 4 rings (SSSR count). The quantitative estimate of drug-likeness (QED) is 0.649. The van der Waals surface area contributed by atoms with Gasteiger partial charge in [-0.05, 0) is 29.8 Å². The maximum atomic E-state index is 12.8. The van der Waals surface area contributed by atoms with Crippen molar-refractivity contribution < 1.29 is 14.4 Å². The summed E-state index contributed by atoms with van der Waals surface area (Å²) in [5, 5.41) is 8.85. The van der Waals surface area contributed by atoms with Gasteiger partial charge in [0.1, 0.15) is 0 Å². The lowest BCUT2D eigenvalue weighted by molar-refractivity contribution is -0.123. The van der Waals surface area contributed by atoms with Gasteiger partial charge in [-0.2, -0.15) is 0 Å². The fraction of sp³-hybridized carbons (Fsp3) is 0.158. The number of aromatic nitrogens is 1. The molecule has 0 saturated carbocycles. The molecule has 2 aromatic carbocycles. The zero-order chi connectivity index (χ0) is 19.0. The number of rotatable bonds is 3. The fourth-order valence-corrected chi connectivity index (χ4v) is 4.03. The minimum atomic E-state index is -0.540. The molecule has 0 spiro atoms. The number of nitrogens with one attached hydrogen (secondary N) is 3. The fourth-order valence-electron chi connectivity index (χ4n) is 3.08. The normalized spacial score (nSPS) is 15.7. The third kappa shape index (κ3) is 3.52. The van der Waals surface area contributed by atoms with Crippen LogP contribution in [-0.4, -0.2) is 22.7 Å². The summed E-state index contributed by atoms with van der Waals surface area (Å²) < 4.78 is 0.846. The second-order valence-electron chi connectivity index (χ2n) is 6.26. The Kier molecular flexibility index (Phi) is 4.33. The third-order valence-corrected chi connectivity index (χ3v) is 5.19. The number of anilines is 3. The molecule has 7 nitrogen and oxygen atoms in total. The summed E-state index contributed by atoms with van der Waals surface area (Å²) in [4.78, 5) is 40.2. The average molecular weight is 380 g/mol. The summed E-state index contributed by atoms with van der Waals surface area (Å²) in [5.41, 5.74) is 2.84. The summed E-state index contributed by atoms with van der Waals surface area (Å²) in [6.45, 7) is 1.43. The van der Waals surface area contributed by atoms with E-state index in [1.165, 1.54) is 18.3 Å². The predicted molar refractivity (Wildman–Crippen MR) is 105 cm³/mol. The van der Waals surface area contributed by atoms with Crippen molar-refractivity contribution >= 4 is 55.8 Å². The van der Waals surface area contributed by atoms with Gasteiger partial charge in [0.25, 0.3) is 0 Å². The van der Waals surface area contributed by atoms with Gasteiger partial charge in [-0.25, -0.2) is 4.98 Å². The van der Waals surface area contributed by atoms with Gasteiger partial charge in [0.05, 0.1) is 16.1 Å². The van der Waals surface area contributed by atoms with Crippen molar-refractivity contribution in [3.8, 4) is 0 Å². The SMILES string of the molecule is CC(=O)Nc1nc2ccc(NC(=O)C3CC(=O)Nc4ccccc43)cc2s1. The van der Waals surface area contributed by atoms with Crippen LogP contribution >= 0.6 is 11.3 Å². The van der Waals surface area contributed by atoms with E-state index >= 15 is 0 Å². The van der Waals surface area contributed by atoms with Crippen molar-refractivity contribution in [2.45, 2.75) is 19.3 Å². The van der Waals surface area contributed by atoms with E-state index in [1.807, 2.05) is 24.3 Å². The summed E-state index contributed by atoms with van der Waals surface area (Å²) in [6, 6.07) is 12.7. The number of nitrogens with zero attached hydrogens (tertiary/aromatic N) is 1.